The molecule has 28 heavy (non-hydrogen) atoms. The molecule has 1 aromatic carbocycles. The van der Waals surface area contributed by atoms with Crippen molar-refractivity contribution in [3.63, 3.8) is 0 Å². The van der Waals surface area contributed by atoms with Crippen molar-refractivity contribution in [2.75, 3.05) is 6.61 Å². The van der Waals surface area contributed by atoms with E-state index >= 15 is 0 Å². The van der Waals surface area contributed by atoms with Gasteiger partial charge in [0, 0.05) is 24.0 Å². The fraction of sp³-hybridized carbons (Fsp3) is 0.167. The van der Waals surface area contributed by atoms with Gasteiger partial charge in [-0.05, 0) is 37.3 Å². The number of benzene rings is 1. The summed E-state index contributed by atoms with van der Waals surface area (Å²) in [5.41, 5.74) is 0.972. The Bertz CT molecular complexity index is 987. The summed E-state index contributed by atoms with van der Waals surface area (Å²) in [6, 6.07) is 7.60. The van der Waals surface area contributed by atoms with E-state index < -0.39 is 23.9 Å². The minimum Gasteiger partial charge on any atom is -0.461 e. The van der Waals surface area contributed by atoms with Gasteiger partial charge in [-0.3, -0.25) is 4.98 Å². The number of hydrogen-bond donors (Lipinski definition) is 0. The van der Waals surface area contributed by atoms with Crippen LogP contribution < -0.4 is 4.74 Å². The van der Waals surface area contributed by atoms with Gasteiger partial charge in [-0.1, -0.05) is 0 Å². The number of pyridine rings is 1. The van der Waals surface area contributed by atoms with Crippen LogP contribution in [-0.4, -0.2) is 33.7 Å². The van der Waals surface area contributed by atoms with E-state index in [-0.39, 0.29) is 18.0 Å². The Hall–Kier alpha value is -3.43. The molecule has 2 heterocycles. The maximum atomic E-state index is 14.1. The van der Waals surface area contributed by atoms with E-state index in [0.717, 1.165) is 12.1 Å². The molecule has 0 unspecified atom stereocenters. The van der Waals surface area contributed by atoms with Crippen LogP contribution in [0, 0.1) is 5.82 Å². The molecule has 0 fully saturated rings. The number of halogens is 4. The molecule has 0 N–H and O–H groups in total. The summed E-state index contributed by atoms with van der Waals surface area (Å²) in [5, 5.41) is 4.11. The van der Waals surface area contributed by atoms with Crippen molar-refractivity contribution in [1.29, 1.82) is 0 Å². The van der Waals surface area contributed by atoms with Crippen LogP contribution in [0.2, 0.25) is 0 Å². The lowest BCUT2D eigenvalue weighted by Gasteiger charge is -2.12. The quantitative estimate of drug-likeness (QED) is 0.480. The number of nitrogens with zero attached hydrogens (tertiary/aromatic N) is 3. The molecular weight excluding hydrogens is 382 g/mol. The summed E-state index contributed by atoms with van der Waals surface area (Å²) in [6.45, 7) is 1.76. The molecule has 10 heteroatoms. The second-order valence-electron chi connectivity index (χ2n) is 5.45. The fourth-order valence-electron chi connectivity index (χ4n) is 2.43. The Kier molecular flexibility index (Phi) is 5.30. The predicted octanol–water partition coefficient (Wildman–Crippen LogP) is 4.15. The summed E-state index contributed by atoms with van der Waals surface area (Å²) in [4.78, 5) is 16.0. The standard InChI is InChI=1S/C18H13F4N3O3/c1-2-27-17(26)14-9-15(11-4-3-7-23-10-11)25(24-14)12-5-6-16(13(19)8-12)28-18(20,21)22/h3-10H,2H2,1H3. The number of esters is 1. The van der Waals surface area contributed by atoms with Crippen molar-refractivity contribution in [3.8, 4) is 22.7 Å². The normalized spacial score (nSPS) is 11.3. The van der Waals surface area contributed by atoms with Gasteiger partial charge in [-0.15, -0.1) is 13.2 Å². The second kappa shape index (κ2) is 7.67. The molecule has 0 atom stereocenters. The third-order valence-corrected chi connectivity index (χ3v) is 3.54. The number of ether oxygens (including phenoxy) is 2. The van der Waals surface area contributed by atoms with Crippen LogP contribution in [0.3, 0.4) is 0 Å². The first-order valence-corrected chi connectivity index (χ1v) is 8.01. The number of hydrogen-bond acceptors (Lipinski definition) is 5. The Morgan fingerprint density at radius 1 is 1.21 bits per heavy atom. The highest BCUT2D eigenvalue weighted by Gasteiger charge is 2.32. The molecule has 0 aliphatic rings. The van der Waals surface area contributed by atoms with E-state index in [1.54, 1.807) is 25.3 Å². The first kappa shape index (κ1) is 19.3. The highest BCUT2D eigenvalue weighted by Crippen LogP contribution is 2.29. The van der Waals surface area contributed by atoms with Crippen LogP contribution in [0.25, 0.3) is 16.9 Å². The van der Waals surface area contributed by atoms with Gasteiger partial charge >= 0.3 is 12.3 Å². The summed E-state index contributed by atoms with van der Waals surface area (Å²) in [5.74, 6) is -2.90. The molecule has 3 rings (SSSR count). The van der Waals surface area contributed by atoms with Crippen LogP contribution in [0.5, 0.6) is 5.75 Å². The summed E-state index contributed by atoms with van der Waals surface area (Å²) < 4.78 is 60.9. The van der Waals surface area contributed by atoms with Gasteiger partial charge in [0.25, 0.3) is 0 Å². The summed E-state index contributed by atoms with van der Waals surface area (Å²) >= 11 is 0. The maximum absolute atomic E-state index is 14.1. The van der Waals surface area contributed by atoms with Crippen LogP contribution in [-0.2, 0) is 4.74 Å². The monoisotopic (exact) mass is 395 g/mol. The molecule has 0 aliphatic carbocycles. The van der Waals surface area contributed by atoms with Gasteiger partial charge in [0.15, 0.2) is 17.3 Å². The minimum atomic E-state index is -5.02. The topological polar surface area (TPSA) is 66.2 Å². The van der Waals surface area contributed by atoms with Crippen molar-refractivity contribution in [3.05, 3.63) is 60.3 Å². The molecule has 0 saturated heterocycles. The third kappa shape index (κ3) is 4.27. The average Bonchev–Trinajstić information content (AvgIpc) is 3.09. The SMILES string of the molecule is CCOC(=O)c1cc(-c2cccnc2)n(-c2ccc(OC(F)(F)F)c(F)c2)n1. The average molecular weight is 395 g/mol. The van der Waals surface area contributed by atoms with E-state index in [2.05, 4.69) is 14.8 Å². The molecule has 0 bridgehead atoms. The van der Waals surface area contributed by atoms with Gasteiger partial charge < -0.3 is 9.47 Å². The van der Waals surface area contributed by atoms with Crippen molar-refractivity contribution in [1.82, 2.24) is 14.8 Å². The fourth-order valence-corrected chi connectivity index (χ4v) is 2.43. The van der Waals surface area contributed by atoms with Crippen LogP contribution in [0.1, 0.15) is 17.4 Å². The number of rotatable bonds is 5. The lowest BCUT2D eigenvalue weighted by atomic mass is 10.2. The lowest BCUT2D eigenvalue weighted by Crippen LogP contribution is -2.18. The van der Waals surface area contributed by atoms with Crippen LogP contribution in [0.15, 0.2) is 48.8 Å². The maximum Gasteiger partial charge on any atom is 0.573 e. The summed E-state index contributed by atoms with van der Waals surface area (Å²) in [6.07, 6.45) is -1.98. The number of aromatic nitrogens is 3. The van der Waals surface area contributed by atoms with Gasteiger partial charge in [-0.2, -0.15) is 5.10 Å². The third-order valence-electron chi connectivity index (χ3n) is 3.54. The van der Waals surface area contributed by atoms with Crippen molar-refractivity contribution in [2.45, 2.75) is 13.3 Å². The smallest absolute Gasteiger partial charge is 0.461 e. The molecule has 0 aliphatic heterocycles. The van der Waals surface area contributed by atoms with Crippen LogP contribution >= 0.6 is 0 Å². The van der Waals surface area contributed by atoms with Crippen LogP contribution in [0.4, 0.5) is 17.6 Å². The number of alkyl halides is 3. The van der Waals surface area contributed by atoms with E-state index in [9.17, 15) is 22.4 Å². The van der Waals surface area contributed by atoms with Crippen molar-refractivity contribution < 1.29 is 31.8 Å². The molecule has 0 saturated carbocycles. The van der Waals surface area contributed by atoms with E-state index in [1.807, 2.05) is 0 Å². The number of carbonyl (C=O) groups excluding carboxylic acids is 1. The zero-order valence-electron chi connectivity index (χ0n) is 14.4. The molecule has 0 radical (unpaired) electrons. The molecule has 2 aromatic heterocycles. The zero-order chi connectivity index (χ0) is 20.3. The highest BCUT2D eigenvalue weighted by atomic mass is 19.4. The van der Waals surface area contributed by atoms with Gasteiger partial charge in [0.05, 0.1) is 18.0 Å². The molecule has 3 aromatic rings. The molecule has 146 valence electrons. The van der Waals surface area contributed by atoms with E-state index in [1.165, 1.54) is 23.0 Å². The first-order chi connectivity index (χ1) is 13.3. The molecule has 0 spiro atoms. The first-order valence-electron chi connectivity index (χ1n) is 8.01. The predicted molar refractivity (Wildman–Crippen MR) is 89.4 cm³/mol. The Labute approximate surface area is 156 Å². The van der Waals surface area contributed by atoms with E-state index in [0.29, 0.717) is 11.3 Å². The molecule has 0 amide bonds. The Morgan fingerprint density at radius 3 is 2.61 bits per heavy atom. The number of carbonyl (C=O) groups is 1. The summed E-state index contributed by atoms with van der Waals surface area (Å²) in [7, 11) is 0. The highest BCUT2D eigenvalue weighted by molar-refractivity contribution is 5.89. The Balaban J connectivity index is 2.07. The second-order valence-corrected chi connectivity index (χ2v) is 5.45. The Morgan fingerprint density at radius 2 is 2.00 bits per heavy atom. The largest absolute Gasteiger partial charge is 0.573 e. The van der Waals surface area contributed by atoms with E-state index in [4.69, 9.17) is 4.74 Å². The van der Waals surface area contributed by atoms with Crippen molar-refractivity contribution in [2.24, 2.45) is 0 Å². The minimum absolute atomic E-state index is 0.0447. The van der Waals surface area contributed by atoms with Gasteiger partial charge in [0.2, 0.25) is 0 Å². The van der Waals surface area contributed by atoms with Gasteiger partial charge in [0.1, 0.15) is 0 Å². The zero-order valence-corrected chi connectivity index (χ0v) is 14.4. The lowest BCUT2D eigenvalue weighted by molar-refractivity contribution is -0.275. The van der Waals surface area contributed by atoms with Crippen molar-refractivity contribution >= 4 is 5.97 Å². The molecule has 6 nitrogen and oxygen atoms in total. The molecular formula is C18H13F4N3O3. The van der Waals surface area contributed by atoms with Gasteiger partial charge in [-0.25, -0.2) is 13.9 Å².